The topological polar surface area (TPSA) is 55.6 Å². The van der Waals surface area contributed by atoms with Crippen LogP contribution in [0.5, 0.6) is 0 Å². The Balaban J connectivity index is 1.78. The Bertz CT molecular complexity index is 1360. The van der Waals surface area contributed by atoms with E-state index in [1.165, 1.54) is 10.9 Å². The highest BCUT2D eigenvalue weighted by molar-refractivity contribution is 5.83. The van der Waals surface area contributed by atoms with Crippen molar-refractivity contribution in [3.63, 3.8) is 0 Å². The van der Waals surface area contributed by atoms with Crippen LogP contribution in [0.4, 0.5) is 32.2 Å². The zero-order chi connectivity index (χ0) is 24.5. The first-order chi connectivity index (χ1) is 16.0. The molecule has 0 unspecified atom stereocenters. The summed E-state index contributed by atoms with van der Waals surface area (Å²) in [6.07, 6.45) is -8.59. The molecule has 0 fully saturated rings. The van der Waals surface area contributed by atoms with E-state index in [1.807, 2.05) is 18.2 Å². The van der Waals surface area contributed by atoms with Gasteiger partial charge in [-0.2, -0.15) is 26.3 Å². The maximum Gasteiger partial charge on any atom is 0.416 e. The average molecular weight is 475 g/mol. The minimum atomic E-state index is -4.94. The van der Waals surface area contributed by atoms with Gasteiger partial charge < -0.3 is 9.88 Å². The van der Waals surface area contributed by atoms with Crippen molar-refractivity contribution in [2.75, 3.05) is 12.4 Å². The summed E-state index contributed by atoms with van der Waals surface area (Å²) in [5.41, 5.74) is -1.75. The maximum atomic E-state index is 13.2. The molecule has 2 heterocycles. The second-order valence-corrected chi connectivity index (χ2v) is 7.22. The maximum absolute atomic E-state index is 13.2. The van der Waals surface area contributed by atoms with Crippen molar-refractivity contribution in [3.05, 3.63) is 82.9 Å². The van der Waals surface area contributed by atoms with E-state index in [2.05, 4.69) is 32.1 Å². The van der Waals surface area contributed by atoms with Gasteiger partial charge in [0.15, 0.2) is 17.0 Å². The fourth-order valence-electron chi connectivity index (χ4n) is 3.25. The van der Waals surface area contributed by atoms with Crippen LogP contribution in [0, 0.1) is 11.8 Å². The van der Waals surface area contributed by atoms with Crippen molar-refractivity contribution in [2.45, 2.75) is 18.9 Å². The molecule has 1 N–H and O–H groups in total. The number of hydrogen-bond acceptors (Lipinski definition) is 4. The molecule has 2 aromatic heterocycles. The lowest BCUT2D eigenvalue weighted by molar-refractivity contribution is -0.143. The quantitative estimate of drug-likeness (QED) is 0.321. The number of alkyl halides is 6. The molecule has 4 aromatic rings. The van der Waals surface area contributed by atoms with Gasteiger partial charge in [-0.05, 0) is 41.8 Å². The number of nitrogens with one attached hydrogen (secondary N) is 1. The summed E-state index contributed by atoms with van der Waals surface area (Å²) in [5, 5.41) is 2.85. The van der Waals surface area contributed by atoms with Gasteiger partial charge in [0.25, 0.3) is 0 Å². The summed E-state index contributed by atoms with van der Waals surface area (Å²) in [6, 6.07) is 10.5. The number of fused-ring (bicyclic) bond motifs is 1. The number of rotatable bonds is 3. The van der Waals surface area contributed by atoms with Crippen molar-refractivity contribution >= 4 is 17.0 Å². The van der Waals surface area contributed by atoms with Crippen LogP contribution >= 0.6 is 0 Å². The van der Waals surface area contributed by atoms with Gasteiger partial charge in [-0.3, -0.25) is 0 Å². The van der Waals surface area contributed by atoms with Crippen molar-refractivity contribution in [3.8, 4) is 11.8 Å². The van der Waals surface area contributed by atoms with E-state index in [9.17, 15) is 26.3 Å². The normalized spacial score (nSPS) is 11.9. The molecular weight excluding hydrogens is 460 g/mol. The summed E-state index contributed by atoms with van der Waals surface area (Å²) < 4.78 is 80.6. The number of benzene rings is 2. The van der Waals surface area contributed by atoms with Crippen LogP contribution in [0.25, 0.3) is 11.2 Å². The molecule has 0 radical (unpaired) electrons. The van der Waals surface area contributed by atoms with E-state index >= 15 is 0 Å². The first kappa shape index (κ1) is 23.1. The molecule has 4 rings (SSSR count). The van der Waals surface area contributed by atoms with Gasteiger partial charge >= 0.3 is 12.4 Å². The van der Waals surface area contributed by atoms with Crippen LogP contribution in [0.2, 0.25) is 0 Å². The molecule has 0 saturated carbocycles. The first-order valence-electron chi connectivity index (χ1n) is 9.80. The Kier molecular flexibility index (Phi) is 5.91. The number of hydrogen-bond donors (Lipinski definition) is 1. The summed E-state index contributed by atoms with van der Waals surface area (Å²) >= 11 is 0. The lowest BCUT2D eigenvalue weighted by Crippen LogP contribution is -2.13. The third-order valence-electron chi connectivity index (χ3n) is 4.79. The summed E-state index contributed by atoms with van der Waals surface area (Å²) in [4.78, 5) is 12.8. The summed E-state index contributed by atoms with van der Waals surface area (Å²) in [7, 11) is 1.59. The van der Waals surface area contributed by atoms with Crippen molar-refractivity contribution in [2.24, 2.45) is 0 Å². The predicted octanol–water partition coefficient (Wildman–Crippen LogP) is 5.35. The molecule has 34 heavy (non-hydrogen) atoms. The van der Waals surface area contributed by atoms with E-state index in [0.29, 0.717) is 29.0 Å². The Morgan fingerprint density at radius 1 is 0.882 bits per heavy atom. The highest BCUT2D eigenvalue weighted by Crippen LogP contribution is 2.36. The van der Waals surface area contributed by atoms with Gasteiger partial charge in [0.05, 0.1) is 24.0 Å². The number of imidazole rings is 1. The van der Waals surface area contributed by atoms with Crippen LogP contribution < -0.4 is 5.32 Å². The zero-order valence-electron chi connectivity index (χ0n) is 17.5. The van der Waals surface area contributed by atoms with Gasteiger partial charge in [-0.25, -0.2) is 15.0 Å². The Morgan fingerprint density at radius 2 is 1.53 bits per heavy atom. The Morgan fingerprint density at radius 3 is 2.12 bits per heavy atom. The van der Waals surface area contributed by atoms with Crippen LogP contribution in [-0.4, -0.2) is 26.6 Å². The Labute approximate surface area is 189 Å². The fraction of sp³-hybridized carbons (Fsp3) is 0.174. The van der Waals surface area contributed by atoms with Gasteiger partial charge in [-0.15, -0.1) is 0 Å². The molecular formula is C23H15F6N5. The van der Waals surface area contributed by atoms with E-state index in [0.717, 1.165) is 0 Å². The molecule has 0 bridgehead atoms. The van der Waals surface area contributed by atoms with Crippen LogP contribution in [0.15, 0.2) is 54.9 Å². The van der Waals surface area contributed by atoms with Gasteiger partial charge in [0.2, 0.25) is 5.82 Å². The standard InChI is InChI=1S/C23H15F6N5/c1-30-20-19-21(33-18(32-20)8-7-14-5-3-2-4-6-14)34(13-31-19)12-15-9-16(22(24,25)26)11-17(10-15)23(27,28)29/h2-6,9-11,13H,12H2,1H3,(H,30,32,33). The SMILES string of the molecule is CNc1nc(C#Cc2ccccc2)nc2c1ncn2Cc1cc(C(F)(F)F)cc(C(F)(F)F)c1. The molecule has 2 aromatic carbocycles. The van der Waals surface area contributed by atoms with E-state index in [-0.39, 0.29) is 29.6 Å². The number of anilines is 1. The minimum absolute atomic E-state index is 0.0913. The molecule has 5 nitrogen and oxygen atoms in total. The lowest BCUT2D eigenvalue weighted by atomic mass is 10.0. The van der Waals surface area contributed by atoms with E-state index in [4.69, 9.17) is 0 Å². The summed E-state index contributed by atoms with van der Waals surface area (Å²) in [6.45, 7) is -0.324. The monoisotopic (exact) mass is 475 g/mol. The van der Waals surface area contributed by atoms with Crippen LogP contribution in [0.1, 0.15) is 28.1 Å². The van der Waals surface area contributed by atoms with Gasteiger partial charge in [0.1, 0.15) is 0 Å². The molecule has 0 atom stereocenters. The molecule has 0 saturated heterocycles. The molecule has 0 aliphatic rings. The number of aromatic nitrogens is 4. The minimum Gasteiger partial charge on any atom is -0.371 e. The van der Waals surface area contributed by atoms with Gasteiger partial charge in [0, 0.05) is 12.6 Å². The second-order valence-electron chi connectivity index (χ2n) is 7.22. The van der Waals surface area contributed by atoms with Crippen molar-refractivity contribution in [1.82, 2.24) is 19.5 Å². The van der Waals surface area contributed by atoms with E-state index < -0.39 is 23.5 Å². The summed E-state index contributed by atoms with van der Waals surface area (Å²) in [5.74, 6) is 6.15. The highest BCUT2D eigenvalue weighted by Gasteiger charge is 2.36. The molecule has 0 aliphatic heterocycles. The number of halogens is 6. The smallest absolute Gasteiger partial charge is 0.371 e. The van der Waals surface area contributed by atoms with Gasteiger partial charge in [-0.1, -0.05) is 24.1 Å². The number of nitrogens with zero attached hydrogens (tertiary/aromatic N) is 4. The molecule has 0 amide bonds. The third kappa shape index (κ3) is 4.96. The molecule has 0 spiro atoms. The van der Waals surface area contributed by atoms with Crippen molar-refractivity contribution < 1.29 is 26.3 Å². The lowest BCUT2D eigenvalue weighted by Gasteiger charge is -2.14. The first-order valence-corrected chi connectivity index (χ1v) is 9.80. The fourth-order valence-corrected chi connectivity index (χ4v) is 3.25. The highest BCUT2D eigenvalue weighted by atomic mass is 19.4. The molecule has 11 heteroatoms. The zero-order valence-corrected chi connectivity index (χ0v) is 17.5. The predicted molar refractivity (Wildman–Crippen MR) is 113 cm³/mol. The molecule has 0 aliphatic carbocycles. The largest absolute Gasteiger partial charge is 0.416 e. The third-order valence-corrected chi connectivity index (χ3v) is 4.79. The van der Waals surface area contributed by atoms with Crippen molar-refractivity contribution in [1.29, 1.82) is 0 Å². The molecule has 174 valence electrons. The Hall–Kier alpha value is -4.07. The second kappa shape index (κ2) is 8.70. The van der Waals surface area contributed by atoms with Crippen LogP contribution in [0.3, 0.4) is 0 Å². The average Bonchev–Trinajstić information content (AvgIpc) is 3.19. The van der Waals surface area contributed by atoms with Crippen LogP contribution in [-0.2, 0) is 18.9 Å². The van der Waals surface area contributed by atoms with E-state index in [1.54, 1.807) is 19.2 Å².